The zero-order valence-corrected chi connectivity index (χ0v) is 7.83. The molecule has 1 aliphatic heterocycles. The first kappa shape index (κ1) is 8.81. The van der Waals surface area contributed by atoms with Crippen LogP contribution in [0.2, 0.25) is 0 Å². The molecule has 0 aromatic heterocycles. The van der Waals surface area contributed by atoms with Crippen molar-refractivity contribution in [3.63, 3.8) is 0 Å². The molecular formula is C9H17N3O. The largest absolute Gasteiger partial charge is 0.351 e. The number of hydrogen-bond donors (Lipinski definition) is 2. The quantitative estimate of drug-likeness (QED) is 0.606. The van der Waals surface area contributed by atoms with Gasteiger partial charge in [-0.1, -0.05) is 6.42 Å². The number of hydrogen-bond acceptors (Lipinski definition) is 2. The fraction of sp³-hybridized carbons (Fsp3) is 0.889. The molecule has 1 saturated heterocycles. The van der Waals surface area contributed by atoms with E-state index >= 15 is 0 Å². The molecule has 4 nitrogen and oxygen atoms in total. The molecule has 2 rings (SSSR count). The minimum absolute atomic E-state index is 0.203. The van der Waals surface area contributed by atoms with Crippen molar-refractivity contribution in [2.24, 2.45) is 22.8 Å². The van der Waals surface area contributed by atoms with Gasteiger partial charge in [0.15, 0.2) is 0 Å². The number of amides is 2. The molecule has 2 atom stereocenters. The first-order valence-electron chi connectivity index (χ1n) is 4.92. The predicted octanol–water partition coefficient (Wildman–Crippen LogP) is 0.126. The summed E-state index contributed by atoms with van der Waals surface area (Å²) < 4.78 is 0. The van der Waals surface area contributed by atoms with Crippen LogP contribution >= 0.6 is 0 Å². The number of nitrogens with zero attached hydrogens (tertiary/aromatic N) is 1. The van der Waals surface area contributed by atoms with Crippen molar-refractivity contribution in [1.82, 2.24) is 4.90 Å². The van der Waals surface area contributed by atoms with Crippen molar-refractivity contribution in [2.45, 2.75) is 19.3 Å². The van der Waals surface area contributed by atoms with Crippen LogP contribution in [0.3, 0.4) is 0 Å². The van der Waals surface area contributed by atoms with Crippen LogP contribution in [0.15, 0.2) is 0 Å². The summed E-state index contributed by atoms with van der Waals surface area (Å²) in [5.41, 5.74) is 11.3. The van der Waals surface area contributed by atoms with E-state index in [1.165, 1.54) is 12.8 Å². The van der Waals surface area contributed by atoms with Crippen LogP contribution in [-0.2, 0) is 0 Å². The SMILES string of the molecule is NC[C@]12CCC[C@H]1CN(C(N)=O)C2. The minimum Gasteiger partial charge on any atom is -0.351 e. The molecule has 1 saturated carbocycles. The summed E-state index contributed by atoms with van der Waals surface area (Å²) in [6.07, 6.45) is 3.63. The third-order valence-corrected chi connectivity index (χ3v) is 3.76. The normalized spacial score (nSPS) is 37.9. The van der Waals surface area contributed by atoms with Crippen LogP contribution in [-0.4, -0.2) is 30.6 Å². The van der Waals surface area contributed by atoms with Gasteiger partial charge in [-0.2, -0.15) is 0 Å². The van der Waals surface area contributed by atoms with Gasteiger partial charge in [-0.05, 0) is 25.3 Å². The van der Waals surface area contributed by atoms with Crippen molar-refractivity contribution in [3.8, 4) is 0 Å². The highest BCUT2D eigenvalue weighted by molar-refractivity contribution is 5.72. The van der Waals surface area contributed by atoms with Gasteiger partial charge in [-0.15, -0.1) is 0 Å². The smallest absolute Gasteiger partial charge is 0.314 e. The Morgan fingerprint density at radius 2 is 2.38 bits per heavy atom. The van der Waals surface area contributed by atoms with Crippen LogP contribution in [0.5, 0.6) is 0 Å². The Bertz CT molecular complexity index is 231. The average Bonchev–Trinajstić information content (AvgIpc) is 2.58. The van der Waals surface area contributed by atoms with E-state index < -0.39 is 0 Å². The standard InChI is InChI=1S/C9H17N3O/c10-5-9-3-1-2-7(9)4-12(6-9)8(11)13/h7H,1-6,10H2,(H2,11,13)/t7-,9-/m0/s1. The number of carbonyl (C=O) groups is 1. The fourth-order valence-electron chi connectivity index (χ4n) is 2.92. The summed E-state index contributed by atoms with van der Waals surface area (Å²) in [5, 5.41) is 0. The topological polar surface area (TPSA) is 72.3 Å². The molecule has 4 N–H and O–H groups in total. The van der Waals surface area contributed by atoms with Crippen LogP contribution in [0.25, 0.3) is 0 Å². The third-order valence-electron chi connectivity index (χ3n) is 3.76. The maximum Gasteiger partial charge on any atom is 0.314 e. The number of primary amides is 1. The number of urea groups is 1. The molecule has 0 unspecified atom stereocenters. The van der Waals surface area contributed by atoms with Gasteiger partial charge in [0, 0.05) is 18.5 Å². The van der Waals surface area contributed by atoms with Crippen molar-refractivity contribution >= 4 is 6.03 Å². The number of carbonyl (C=O) groups excluding carboxylic acids is 1. The Hall–Kier alpha value is -0.770. The van der Waals surface area contributed by atoms with Gasteiger partial charge in [0.1, 0.15) is 0 Å². The first-order chi connectivity index (χ1) is 6.18. The van der Waals surface area contributed by atoms with Gasteiger partial charge >= 0.3 is 6.03 Å². The summed E-state index contributed by atoms with van der Waals surface area (Å²) in [6, 6.07) is -0.290. The monoisotopic (exact) mass is 183 g/mol. The molecule has 4 heteroatoms. The van der Waals surface area contributed by atoms with Crippen LogP contribution in [0.4, 0.5) is 4.79 Å². The molecule has 74 valence electrons. The summed E-state index contributed by atoms with van der Waals surface area (Å²) >= 11 is 0. The Morgan fingerprint density at radius 3 is 2.92 bits per heavy atom. The average molecular weight is 183 g/mol. The highest BCUT2D eigenvalue weighted by atomic mass is 16.2. The van der Waals surface area contributed by atoms with Gasteiger partial charge in [-0.25, -0.2) is 4.79 Å². The van der Waals surface area contributed by atoms with E-state index in [2.05, 4.69) is 0 Å². The maximum atomic E-state index is 11.0. The van der Waals surface area contributed by atoms with Crippen molar-refractivity contribution < 1.29 is 4.79 Å². The van der Waals surface area contributed by atoms with E-state index in [-0.39, 0.29) is 11.4 Å². The lowest BCUT2D eigenvalue weighted by atomic mass is 9.81. The van der Waals surface area contributed by atoms with E-state index in [9.17, 15) is 4.79 Å². The highest BCUT2D eigenvalue weighted by Gasteiger charge is 2.49. The van der Waals surface area contributed by atoms with Gasteiger partial charge in [0.25, 0.3) is 0 Å². The summed E-state index contributed by atoms with van der Waals surface area (Å²) in [4.78, 5) is 12.7. The molecule has 2 fully saturated rings. The number of rotatable bonds is 1. The fourth-order valence-corrected chi connectivity index (χ4v) is 2.92. The van der Waals surface area contributed by atoms with Gasteiger partial charge in [-0.3, -0.25) is 0 Å². The molecule has 0 radical (unpaired) electrons. The van der Waals surface area contributed by atoms with E-state index in [1.54, 1.807) is 4.90 Å². The molecular weight excluding hydrogens is 166 g/mol. The Kier molecular flexibility index (Phi) is 1.95. The first-order valence-corrected chi connectivity index (χ1v) is 4.92. The second-order valence-corrected chi connectivity index (χ2v) is 4.37. The van der Waals surface area contributed by atoms with Gasteiger partial charge in [0.05, 0.1) is 0 Å². The van der Waals surface area contributed by atoms with E-state index in [4.69, 9.17) is 11.5 Å². The van der Waals surface area contributed by atoms with Crippen molar-refractivity contribution in [1.29, 1.82) is 0 Å². The summed E-state index contributed by atoms with van der Waals surface area (Å²) in [5.74, 6) is 0.602. The van der Waals surface area contributed by atoms with Crippen molar-refractivity contribution in [3.05, 3.63) is 0 Å². The predicted molar refractivity (Wildman–Crippen MR) is 50.0 cm³/mol. The number of fused-ring (bicyclic) bond motifs is 1. The Morgan fingerprint density at radius 1 is 1.62 bits per heavy atom. The Labute approximate surface area is 78.2 Å². The van der Waals surface area contributed by atoms with Crippen LogP contribution in [0, 0.1) is 11.3 Å². The molecule has 0 bridgehead atoms. The highest BCUT2D eigenvalue weighted by Crippen LogP contribution is 2.47. The molecule has 0 aromatic rings. The third kappa shape index (κ3) is 1.20. The molecule has 1 heterocycles. The van der Waals surface area contributed by atoms with E-state index in [0.29, 0.717) is 12.5 Å². The minimum atomic E-state index is -0.290. The number of likely N-dealkylation sites (tertiary alicyclic amines) is 1. The van der Waals surface area contributed by atoms with Crippen LogP contribution in [0.1, 0.15) is 19.3 Å². The number of nitrogens with two attached hydrogens (primary N) is 2. The molecule has 2 aliphatic rings. The van der Waals surface area contributed by atoms with E-state index in [0.717, 1.165) is 19.5 Å². The molecule has 13 heavy (non-hydrogen) atoms. The Balaban J connectivity index is 2.13. The van der Waals surface area contributed by atoms with E-state index in [1.807, 2.05) is 0 Å². The lowest BCUT2D eigenvalue weighted by Gasteiger charge is -2.26. The maximum absolute atomic E-state index is 11.0. The summed E-state index contributed by atoms with van der Waals surface area (Å²) in [7, 11) is 0. The molecule has 1 aliphatic carbocycles. The zero-order chi connectivity index (χ0) is 9.47. The summed E-state index contributed by atoms with van der Waals surface area (Å²) in [6.45, 7) is 2.30. The lowest BCUT2D eigenvalue weighted by molar-refractivity contribution is 0.208. The zero-order valence-electron chi connectivity index (χ0n) is 7.83. The molecule has 0 spiro atoms. The second-order valence-electron chi connectivity index (χ2n) is 4.37. The second kappa shape index (κ2) is 2.87. The molecule has 0 aromatic carbocycles. The van der Waals surface area contributed by atoms with Crippen molar-refractivity contribution in [2.75, 3.05) is 19.6 Å². The van der Waals surface area contributed by atoms with Gasteiger partial charge in [0.2, 0.25) is 0 Å². The van der Waals surface area contributed by atoms with Crippen LogP contribution < -0.4 is 11.5 Å². The molecule has 2 amide bonds. The van der Waals surface area contributed by atoms with Gasteiger partial charge < -0.3 is 16.4 Å². The lowest BCUT2D eigenvalue weighted by Crippen LogP contribution is -2.38.